The van der Waals surface area contributed by atoms with Crippen molar-refractivity contribution in [1.29, 1.82) is 0 Å². The number of nitrogens with one attached hydrogen (secondary N) is 1. The third-order valence-corrected chi connectivity index (χ3v) is 5.52. The lowest BCUT2D eigenvalue weighted by atomic mass is 9.89. The summed E-state index contributed by atoms with van der Waals surface area (Å²) in [5.74, 6) is 1.60. The number of rotatable bonds is 6. The first kappa shape index (κ1) is 15.5. The number of piperidine rings is 1. The Kier molecular flexibility index (Phi) is 5.14. The molecule has 22 heavy (non-hydrogen) atoms. The molecule has 1 amide bonds. The Bertz CT molecular complexity index is 487. The summed E-state index contributed by atoms with van der Waals surface area (Å²) < 4.78 is 0. The Morgan fingerprint density at radius 3 is 2.73 bits per heavy atom. The maximum Gasteiger partial charge on any atom is 0.220 e. The van der Waals surface area contributed by atoms with Gasteiger partial charge in [0.25, 0.3) is 0 Å². The van der Waals surface area contributed by atoms with E-state index in [0.29, 0.717) is 12.0 Å². The van der Waals surface area contributed by atoms with E-state index in [4.69, 9.17) is 0 Å². The van der Waals surface area contributed by atoms with Gasteiger partial charge in [-0.05, 0) is 63.1 Å². The summed E-state index contributed by atoms with van der Waals surface area (Å²) in [5.41, 5.74) is 1.45. The normalized spacial score (nSPS) is 27.7. The molecule has 0 radical (unpaired) electrons. The molecule has 0 spiro atoms. The van der Waals surface area contributed by atoms with Crippen molar-refractivity contribution in [3.05, 3.63) is 35.9 Å². The van der Waals surface area contributed by atoms with E-state index in [9.17, 15) is 4.79 Å². The highest BCUT2D eigenvalue weighted by Gasteiger charge is 2.39. The number of aryl methyl sites for hydroxylation is 1. The zero-order valence-electron chi connectivity index (χ0n) is 13.6. The molecule has 1 N–H and O–H groups in total. The van der Waals surface area contributed by atoms with Gasteiger partial charge in [0.05, 0.1) is 0 Å². The van der Waals surface area contributed by atoms with Crippen LogP contribution >= 0.6 is 0 Å². The highest BCUT2D eigenvalue weighted by Crippen LogP contribution is 2.38. The van der Waals surface area contributed by atoms with Gasteiger partial charge in [-0.2, -0.15) is 0 Å². The summed E-state index contributed by atoms with van der Waals surface area (Å²) in [6.07, 6.45) is 6.93. The van der Waals surface area contributed by atoms with Crippen molar-refractivity contribution < 1.29 is 4.79 Å². The average molecular weight is 300 g/mol. The van der Waals surface area contributed by atoms with E-state index in [0.717, 1.165) is 18.9 Å². The molecule has 0 bridgehead atoms. The molecule has 1 aromatic carbocycles. The molecule has 1 aliphatic heterocycles. The van der Waals surface area contributed by atoms with Crippen molar-refractivity contribution >= 4 is 5.91 Å². The van der Waals surface area contributed by atoms with Gasteiger partial charge in [-0.15, -0.1) is 0 Å². The van der Waals surface area contributed by atoms with Gasteiger partial charge in [-0.3, -0.25) is 4.79 Å². The molecule has 1 saturated heterocycles. The van der Waals surface area contributed by atoms with E-state index in [1.807, 2.05) is 0 Å². The average Bonchev–Trinajstić information content (AvgIpc) is 2.95. The van der Waals surface area contributed by atoms with Crippen molar-refractivity contribution in [2.24, 2.45) is 11.8 Å². The number of hydrogen-bond donors (Lipinski definition) is 1. The van der Waals surface area contributed by atoms with Crippen LogP contribution in [0.3, 0.4) is 0 Å². The summed E-state index contributed by atoms with van der Waals surface area (Å²) in [7, 11) is 2.26. The van der Waals surface area contributed by atoms with E-state index in [1.54, 1.807) is 0 Å². The molecular weight excluding hydrogens is 272 g/mol. The first-order chi connectivity index (χ1) is 10.7. The smallest absolute Gasteiger partial charge is 0.220 e. The first-order valence-electron chi connectivity index (χ1n) is 8.73. The second-order valence-electron chi connectivity index (χ2n) is 7.08. The Morgan fingerprint density at radius 1 is 1.14 bits per heavy atom. The van der Waals surface area contributed by atoms with Crippen molar-refractivity contribution in [2.45, 2.75) is 44.6 Å². The number of unbranched alkanes of at least 4 members (excludes halogenated alkanes) is 1. The predicted octanol–water partition coefficient (Wildman–Crippen LogP) is 2.86. The summed E-state index contributed by atoms with van der Waals surface area (Å²) in [6, 6.07) is 11.4. The molecule has 0 unspecified atom stereocenters. The number of amides is 1. The van der Waals surface area contributed by atoms with E-state index < -0.39 is 0 Å². The number of benzene rings is 1. The van der Waals surface area contributed by atoms with E-state index in [1.165, 1.54) is 44.2 Å². The fraction of sp³-hybridized carbons (Fsp3) is 0.632. The second-order valence-corrected chi connectivity index (χ2v) is 7.08. The fourth-order valence-corrected chi connectivity index (χ4v) is 4.11. The Morgan fingerprint density at radius 2 is 1.91 bits per heavy atom. The van der Waals surface area contributed by atoms with Crippen molar-refractivity contribution in [3.8, 4) is 0 Å². The van der Waals surface area contributed by atoms with Gasteiger partial charge in [0, 0.05) is 19.0 Å². The van der Waals surface area contributed by atoms with Crippen LogP contribution in [0.1, 0.15) is 37.7 Å². The molecule has 1 heterocycles. The Hall–Kier alpha value is -1.35. The van der Waals surface area contributed by atoms with E-state index in [2.05, 4.69) is 47.6 Å². The topological polar surface area (TPSA) is 32.3 Å². The lowest BCUT2D eigenvalue weighted by Crippen LogP contribution is -2.38. The molecule has 1 saturated carbocycles. The zero-order chi connectivity index (χ0) is 15.4. The molecule has 0 aromatic heterocycles. The maximum absolute atomic E-state index is 11.5. The monoisotopic (exact) mass is 300 g/mol. The lowest BCUT2D eigenvalue weighted by Gasteiger charge is -2.24. The molecule has 3 heteroatoms. The molecule has 3 rings (SSSR count). The molecule has 3 atom stereocenters. The van der Waals surface area contributed by atoms with Crippen molar-refractivity contribution in [3.63, 3.8) is 0 Å². The molecule has 2 aliphatic rings. The molecule has 1 aromatic rings. The van der Waals surface area contributed by atoms with Crippen LogP contribution in [0.25, 0.3) is 0 Å². The van der Waals surface area contributed by atoms with E-state index in [-0.39, 0.29) is 5.91 Å². The van der Waals surface area contributed by atoms with Gasteiger partial charge >= 0.3 is 0 Å². The van der Waals surface area contributed by atoms with Crippen LogP contribution < -0.4 is 5.32 Å². The molecule has 3 nitrogen and oxygen atoms in total. The van der Waals surface area contributed by atoms with Gasteiger partial charge in [0.15, 0.2) is 0 Å². The van der Waals surface area contributed by atoms with Gasteiger partial charge in [0.1, 0.15) is 0 Å². The number of hydrogen-bond acceptors (Lipinski definition) is 2. The standard InChI is InChI=1S/C19H28N2O/c1-21(10-6-5-9-15-7-3-2-4-8-15)18-11-16-13-19(22)20-14-17(16)12-18/h2-4,7-8,16-18H,5-6,9-14H2,1H3,(H,20,22)/t16-,17+,18-/m1/s1. The van der Waals surface area contributed by atoms with Crippen molar-refractivity contribution in [2.75, 3.05) is 20.1 Å². The zero-order valence-corrected chi connectivity index (χ0v) is 13.6. The minimum Gasteiger partial charge on any atom is -0.356 e. The molecular formula is C19H28N2O. The van der Waals surface area contributed by atoms with Gasteiger partial charge in [0.2, 0.25) is 5.91 Å². The van der Waals surface area contributed by atoms with Crippen LogP contribution in [0, 0.1) is 11.8 Å². The van der Waals surface area contributed by atoms with Gasteiger partial charge < -0.3 is 10.2 Å². The van der Waals surface area contributed by atoms with E-state index >= 15 is 0 Å². The SMILES string of the molecule is CN(CCCCc1ccccc1)[C@H]1C[C@H]2CNC(=O)C[C@H]2C1. The minimum absolute atomic E-state index is 0.257. The lowest BCUT2D eigenvalue weighted by molar-refractivity contribution is -0.124. The summed E-state index contributed by atoms with van der Waals surface area (Å²) >= 11 is 0. The summed E-state index contributed by atoms with van der Waals surface area (Å²) in [6.45, 7) is 2.08. The molecule has 2 fully saturated rings. The van der Waals surface area contributed by atoms with Crippen LogP contribution in [0.5, 0.6) is 0 Å². The highest BCUT2D eigenvalue weighted by molar-refractivity contribution is 5.77. The van der Waals surface area contributed by atoms with Crippen LogP contribution in [0.15, 0.2) is 30.3 Å². The Labute approximate surface area is 134 Å². The predicted molar refractivity (Wildman–Crippen MR) is 89.6 cm³/mol. The number of nitrogens with zero attached hydrogens (tertiary/aromatic N) is 1. The second kappa shape index (κ2) is 7.28. The first-order valence-corrected chi connectivity index (χ1v) is 8.73. The number of carbonyl (C=O) groups is 1. The number of fused-ring (bicyclic) bond motifs is 1. The van der Waals surface area contributed by atoms with Gasteiger partial charge in [-0.1, -0.05) is 30.3 Å². The Balaban J connectivity index is 1.37. The van der Waals surface area contributed by atoms with Crippen LogP contribution in [0.4, 0.5) is 0 Å². The maximum atomic E-state index is 11.5. The van der Waals surface area contributed by atoms with Crippen molar-refractivity contribution in [1.82, 2.24) is 10.2 Å². The fourth-order valence-electron chi connectivity index (χ4n) is 4.11. The van der Waals surface area contributed by atoms with Crippen LogP contribution in [-0.2, 0) is 11.2 Å². The molecule has 1 aliphatic carbocycles. The third-order valence-electron chi connectivity index (χ3n) is 5.52. The highest BCUT2D eigenvalue weighted by atomic mass is 16.1. The summed E-state index contributed by atoms with van der Waals surface area (Å²) in [5, 5.41) is 3.03. The van der Waals surface area contributed by atoms with Crippen LogP contribution in [0.2, 0.25) is 0 Å². The summed E-state index contributed by atoms with van der Waals surface area (Å²) in [4.78, 5) is 14.0. The van der Waals surface area contributed by atoms with Gasteiger partial charge in [-0.25, -0.2) is 0 Å². The third kappa shape index (κ3) is 3.89. The number of carbonyl (C=O) groups excluding carboxylic acids is 1. The molecule has 120 valence electrons. The quantitative estimate of drug-likeness (QED) is 0.819. The minimum atomic E-state index is 0.257. The largest absolute Gasteiger partial charge is 0.356 e. The van der Waals surface area contributed by atoms with Crippen LogP contribution in [-0.4, -0.2) is 37.0 Å².